The van der Waals surface area contributed by atoms with Crippen LogP contribution >= 0.6 is 27.3 Å². The van der Waals surface area contributed by atoms with Gasteiger partial charge in [0.25, 0.3) is 10.0 Å². The minimum Gasteiger partial charge on any atom is -0.383 e. The molecular weight excluding hydrogens is 328 g/mol. The van der Waals surface area contributed by atoms with E-state index in [4.69, 9.17) is 4.74 Å². The largest absolute Gasteiger partial charge is 0.383 e. The number of halogens is 1. The van der Waals surface area contributed by atoms with Crippen LogP contribution in [0.5, 0.6) is 0 Å². The van der Waals surface area contributed by atoms with Crippen LogP contribution in [0.3, 0.4) is 0 Å². The van der Waals surface area contributed by atoms with E-state index in [-0.39, 0.29) is 9.04 Å². The number of sulfonamides is 1. The number of aromatic nitrogens is 1. The Morgan fingerprint density at radius 1 is 1.65 bits per heavy atom. The average molecular weight is 343 g/mol. The van der Waals surface area contributed by atoms with Crippen molar-refractivity contribution >= 4 is 37.3 Å². The average Bonchev–Trinajstić information content (AvgIpc) is 2.65. The molecule has 1 aromatic heterocycles. The summed E-state index contributed by atoms with van der Waals surface area (Å²) in [4.78, 5) is 3.93. The molecule has 0 amide bonds. The first kappa shape index (κ1) is 15.0. The zero-order chi connectivity index (χ0) is 13.1. The number of nitrogens with zero attached hydrogens (tertiary/aromatic N) is 2. The van der Waals surface area contributed by atoms with Gasteiger partial charge in [0.2, 0.25) is 0 Å². The van der Waals surface area contributed by atoms with E-state index in [2.05, 4.69) is 20.9 Å². The Bertz CT molecular complexity index is 461. The van der Waals surface area contributed by atoms with E-state index in [0.717, 1.165) is 5.01 Å². The molecule has 5 nitrogen and oxygen atoms in total. The molecule has 0 fully saturated rings. The first-order valence-corrected chi connectivity index (χ1v) is 8.07. The monoisotopic (exact) mass is 342 g/mol. The summed E-state index contributed by atoms with van der Waals surface area (Å²) in [7, 11) is -0.299. The molecule has 0 aliphatic heterocycles. The fraction of sp³-hybridized carbons (Fsp3) is 0.667. The van der Waals surface area contributed by atoms with Gasteiger partial charge in [-0.2, -0.15) is 4.31 Å². The Balaban J connectivity index is 2.77. The molecule has 1 unspecified atom stereocenters. The first-order chi connectivity index (χ1) is 7.87. The summed E-state index contributed by atoms with van der Waals surface area (Å²) >= 11 is 4.54. The van der Waals surface area contributed by atoms with Crippen LogP contribution in [-0.4, -0.2) is 49.8 Å². The Morgan fingerprint density at radius 3 is 2.76 bits per heavy atom. The lowest BCUT2D eigenvalue weighted by molar-refractivity contribution is 0.195. The van der Waals surface area contributed by atoms with Crippen molar-refractivity contribution in [1.82, 2.24) is 9.29 Å². The highest BCUT2D eigenvalue weighted by Gasteiger charge is 2.24. The summed E-state index contributed by atoms with van der Waals surface area (Å²) in [5.74, 6) is 0. The summed E-state index contributed by atoms with van der Waals surface area (Å²) < 4.78 is 30.8. The number of rotatable bonds is 6. The van der Waals surface area contributed by atoms with Crippen LogP contribution in [0, 0.1) is 6.92 Å². The maximum absolute atomic E-state index is 12.1. The van der Waals surface area contributed by atoms with Crippen molar-refractivity contribution in [1.29, 1.82) is 0 Å². The van der Waals surface area contributed by atoms with E-state index in [9.17, 15) is 8.42 Å². The van der Waals surface area contributed by atoms with Gasteiger partial charge in [0.15, 0.2) is 4.21 Å². The molecule has 1 heterocycles. The van der Waals surface area contributed by atoms with Crippen LogP contribution in [0.2, 0.25) is 0 Å². The Labute approximate surface area is 114 Å². The third-order valence-corrected chi connectivity index (χ3v) is 5.79. The smallest absolute Gasteiger partial charge is 0.253 e. The molecular formula is C9H15BrN2O3S2. The first-order valence-electron chi connectivity index (χ1n) is 4.89. The standard InChI is InChI=1S/C9H15BrN2O3S2/c1-7-11-4-9(16-7)17(13,14)12(2)5-8(10)6-15-3/h4,8H,5-6H2,1-3H3. The topological polar surface area (TPSA) is 59.5 Å². The molecule has 1 atom stereocenters. The van der Waals surface area contributed by atoms with Crippen molar-refractivity contribution < 1.29 is 13.2 Å². The number of hydrogen-bond acceptors (Lipinski definition) is 5. The summed E-state index contributed by atoms with van der Waals surface area (Å²) in [6.45, 7) is 2.59. The molecule has 0 saturated carbocycles. The summed E-state index contributed by atoms with van der Waals surface area (Å²) in [6.07, 6.45) is 1.39. The van der Waals surface area contributed by atoms with Gasteiger partial charge in [0, 0.05) is 20.7 Å². The van der Waals surface area contributed by atoms with Crippen LogP contribution in [0.15, 0.2) is 10.4 Å². The fourth-order valence-corrected chi connectivity index (χ4v) is 4.65. The lowest BCUT2D eigenvalue weighted by atomic mass is 10.4. The van der Waals surface area contributed by atoms with E-state index in [1.807, 2.05) is 0 Å². The van der Waals surface area contributed by atoms with Gasteiger partial charge in [-0.1, -0.05) is 15.9 Å². The van der Waals surface area contributed by atoms with Gasteiger partial charge in [0.05, 0.1) is 22.6 Å². The van der Waals surface area contributed by atoms with Crippen molar-refractivity contribution in [3.8, 4) is 0 Å². The van der Waals surface area contributed by atoms with Crippen LogP contribution in [-0.2, 0) is 14.8 Å². The zero-order valence-corrected chi connectivity index (χ0v) is 13.1. The fourth-order valence-electron chi connectivity index (χ4n) is 1.23. The molecule has 98 valence electrons. The van der Waals surface area contributed by atoms with Gasteiger partial charge in [0.1, 0.15) is 0 Å². The van der Waals surface area contributed by atoms with Gasteiger partial charge in [-0.15, -0.1) is 11.3 Å². The predicted octanol–water partition coefficient (Wildman–Crippen LogP) is 1.48. The second-order valence-corrected chi connectivity index (χ2v) is 8.34. The number of aryl methyl sites for hydroxylation is 1. The Kier molecular flexibility index (Phi) is 5.52. The molecule has 0 aliphatic rings. The predicted molar refractivity (Wildman–Crippen MR) is 71.3 cm³/mol. The molecule has 17 heavy (non-hydrogen) atoms. The van der Waals surface area contributed by atoms with Gasteiger partial charge < -0.3 is 4.74 Å². The molecule has 0 spiro atoms. The molecule has 0 bridgehead atoms. The lowest BCUT2D eigenvalue weighted by Gasteiger charge is -2.18. The molecule has 1 aromatic rings. The molecule has 1 rings (SSSR count). The lowest BCUT2D eigenvalue weighted by Crippen LogP contribution is -2.33. The van der Waals surface area contributed by atoms with Crippen molar-refractivity contribution in [2.45, 2.75) is 16.0 Å². The van der Waals surface area contributed by atoms with Crippen LogP contribution < -0.4 is 0 Å². The summed E-state index contributed by atoms with van der Waals surface area (Å²) in [5, 5.41) is 0.740. The van der Waals surface area contributed by atoms with E-state index >= 15 is 0 Å². The minimum absolute atomic E-state index is 0.0266. The summed E-state index contributed by atoms with van der Waals surface area (Å²) in [5.41, 5.74) is 0. The molecule has 0 saturated heterocycles. The zero-order valence-electron chi connectivity index (χ0n) is 9.88. The second kappa shape index (κ2) is 6.24. The number of methoxy groups -OCH3 is 1. The quantitative estimate of drug-likeness (QED) is 0.734. The maximum atomic E-state index is 12.1. The molecule has 8 heteroatoms. The molecule has 0 aliphatic carbocycles. The SMILES string of the molecule is COCC(Br)CN(C)S(=O)(=O)c1cnc(C)s1. The van der Waals surface area contributed by atoms with Crippen LogP contribution in [0.1, 0.15) is 5.01 Å². The Hall–Kier alpha value is -0.0200. The normalized spacial score (nSPS) is 14.2. The van der Waals surface area contributed by atoms with Gasteiger partial charge in [-0.3, -0.25) is 0 Å². The van der Waals surface area contributed by atoms with Gasteiger partial charge in [-0.05, 0) is 6.92 Å². The maximum Gasteiger partial charge on any atom is 0.253 e. The van der Waals surface area contributed by atoms with Crippen molar-refractivity contribution in [2.75, 3.05) is 27.3 Å². The highest BCUT2D eigenvalue weighted by molar-refractivity contribution is 9.09. The number of hydrogen-bond donors (Lipinski definition) is 0. The highest BCUT2D eigenvalue weighted by atomic mass is 79.9. The van der Waals surface area contributed by atoms with E-state index < -0.39 is 10.0 Å². The molecule has 0 radical (unpaired) electrons. The van der Waals surface area contributed by atoms with Crippen LogP contribution in [0.25, 0.3) is 0 Å². The van der Waals surface area contributed by atoms with Crippen molar-refractivity contribution in [3.63, 3.8) is 0 Å². The van der Waals surface area contributed by atoms with Gasteiger partial charge in [-0.25, -0.2) is 13.4 Å². The Morgan fingerprint density at radius 2 is 2.29 bits per heavy atom. The van der Waals surface area contributed by atoms with Crippen LogP contribution in [0.4, 0.5) is 0 Å². The highest BCUT2D eigenvalue weighted by Crippen LogP contribution is 2.21. The van der Waals surface area contributed by atoms with Gasteiger partial charge >= 0.3 is 0 Å². The minimum atomic E-state index is -3.43. The van der Waals surface area contributed by atoms with E-state index in [1.54, 1.807) is 21.1 Å². The molecule has 0 aromatic carbocycles. The summed E-state index contributed by atoms with van der Waals surface area (Å²) in [6, 6.07) is 0. The van der Waals surface area contributed by atoms with E-state index in [0.29, 0.717) is 13.2 Å². The van der Waals surface area contributed by atoms with Crippen molar-refractivity contribution in [2.24, 2.45) is 0 Å². The number of ether oxygens (including phenoxy) is 1. The third kappa shape index (κ3) is 3.99. The second-order valence-electron chi connectivity index (χ2n) is 3.54. The number of thiazole rings is 1. The third-order valence-electron chi connectivity index (χ3n) is 2.07. The van der Waals surface area contributed by atoms with E-state index in [1.165, 1.54) is 21.8 Å². The number of alkyl halides is 1. The molecule has 0 N–H and O–H groups in total. The van der Waals surface area contributed by atoms with Crippen molar-refractivity contribution in [3.05, 3.63) is 11.2 Å².